The van der Waals surface area contributed by atoms with Gasteiger partial charge < -0.3 is 15.1 Å². The molecule has 1 atom stereocenters. The fourth-order valence-corrected chi connectivity index (χ4v) is 6.92. The van der Waals surface area contributed by atoms with Gasteiger partial charge in [0.1, 0.15) is 0 Å². The molecule has 5 rings (SSSR count). The number of aryl methyl sites for hydroxylation is 2. The molecule has 210 valence electrons. The van der Waals surface area contributed by atoms with Crippen LogP contribution >= 0.6 is 27.5 Å². The number of aromatic nitrogens is 1. The van der Waals surface area contributed by atoms with E-state index in [1.54, 1.807) is 0 Å². The van der Waals surface area contributed by atoms with Gasteiger partial charge in [0.05, 0.1) is 18.3 Å². The highest BCUT2D eigenvalue weighted by Gasteiger charge is 2.34. The van der Waals surface area contributed by atoms with Crippen LogP contribution in [-0.4, -0.2) is 84.9 Å². The second-order valence-electron chi connectivity index (χ2n) is 11.6. The number of carbonyl (C=O) groups excluding carboxylic acids is 2. The summed E-state index contributed by atoms with van der Waals surface area (Å²) in [6.45, 7) is 4.44. The Hall–Kier alpha value is -2.00. The summed E-state index contributed by atoms with van der Waals surface area (Å²) in [6.07, 6.45) is 7.36. The van der Waals surface area contributed by atoms with E-state index >= 15 is 0 Å². The normalized spacial score (nSPS) is 20.8. The first-order valence-electron chi connectivity index (χ1n) is 14.2. The molecule has 39 heavy (non-hydrogen) atoms. The zero-order chi connectivity index (χ0) is 27.5. The maximum Gasteiger partial charge on any atom is 0.236 e. The minimum Gasteiger partial charge on any atom is -0.356 e. The van der Waals surface area contributed by atoms with Gasteiger partial charge in [0, 0.05) is 41.2 Å². The summed E-state index contributed by atoms with van der Waals surface area (Å²) in [4.78, 5) is 36.7. The fourth-order valence-electron chi connectivity index (χ4n) is 6.35. The third-order valence-electron chi connectivity index (χ3n) is 8.54. The number of amides is 2. The van der Waals surface area contributed by atoms with Gasteiger partial charge in [0.2, 0.25) is 11.8 Å². The number of carbonyl (C=O) groups is 2. The summed E-state index contributed by atoms with van der Waals surface area (Å²) in [7, 11) is 3.84. The van der Waals surface area contributed by atoms with Crippen LogP contribution < -0.4 is 5.32 Å². The third-order valence-corrected chi connectivity index (χ3v) is 9.21. The molecule has 2 fully saturated rings. The van der Waals surface area contributed by atoms with Crippen LogP contribution in [0.4, 0.5) is 0 Å². The van der Waals surface area contributed by atoms with E-state index in [9.17, 15) is 9.59 Å². The largest absolute Gasteiger partial charge is 0.356 e. The molecular weight excluding hydrogens is 578 g/mol. The lowest BCUT2D eigenvalue weighted by atomic mass is 9.90. The summed E-state index contributed by atoms with van der Waals surface area (Å²) in [6, 6.07) is 8.53. The number of likely N-dealkylation sites (N-methyl/N-ethyl adjacent to an activating group) is 1. The summed E-state index contributed by atoms with van der Waals surface area (Å²) >= 11 is 9.98. The molecule has 2 amide bonds. The lowest BCUT2D eigenvalue weighted by Gasteiger charge is -2.38. The zero-order valence-electron chi connectivity index (χ0n) is 23.0. The van der Waals surface area contributed by atoms with Crippen LogP contribution in [0.3, 0.4) is 0 Å². The Morgan fingerprint density at radius 1 is 1.05 bits per heavy atom. The maximum absolute atomic E-state index is 13.1. The Kier molecular flexibility index (Phi) is 9.27. The molecule has 1 aromatic heterocycles. The second-order valence-corrected chi connectivity index (χ2v) is 12.9. The highest BCUT2D eigenvalue weighted by Crippen LogP contribution is 2.39. The van der Waals surface area contributed by atoms with Gasteiger partial charge in [0.15, 0.2) is 0 Å². The van der Waals surface area contributed by atoms with Crippen molar-refractivity contribution in [1.29, 1.82) is 0 Å². The topological polar surface area (TPSA) is 68.8 Å². The molecule has 1 unspecified atom stereocenters. The van der Waals surface area contributed by atoms with Gasteiger partial charge in [0.25, 0.3) is 0 Å². The Bertz CT molecular complexity index is 1140. The first-order valence-corrected chi connectivity index (χ1v) is 15.3. The van der Waals surface area contributed by atoms with Crippen molar-refractivity contribution in [3.8, 4) is 0 Å². The Labute approximate surface area is 245 Å². The number of nitrogens with one attached hydrogen (secondary N) is 1. The number of likely N-dealkylation sites (tertiary alicyclic amines) is 2. The number of hydrogen-bond acceptors (Lipinski definition) is 5. The van der Waals surface area contributed by atoms with E-state index < -0.39 is 0 Å². The molecule has 0 saturated carbocycles. The lowest BCUT2D eigenvalue weighted by Crippen LogP contribution is -2.46. The minimum absolute atomic E-state index is 0.0378. The number of benzene rings is 1. The number of fused-ring (bicyclic) bond motifs is 2. The van der Waals surface area contributed by atoms with E-state index in [2.05, 4.69) is 44.3 Å². The lowest BCUT2D eigenvalue weighted by molar-refractivity contribution is -0.133. The number of rotatable bonds is 6. The monoisotopic (exact) mass is 615 g/mol. The van der Waals surface area contributed by atoms with Gasteiger partial charge in [-0.2, -0.15) is 0 Å². The Morgan fingerprint density at radius 3 is 2.49 bits per heavy atom. The molecule has 1 aliphatic carbocycles. The number of halogens is 2. The van der Waals surface area contributed by atoms with Crippen molar-refractivity contribution in [1.82, 2.24) is 25.0 Å². The van der Waals surface area contributed by atoms with Crippen LogP contribution in [-0.2, 0) is 22.4 Å². The van der Waals surface area contributed by atoms with Gasteiger partial charge in [-0.05, 0) is 122 Å². The Balaban J connectivity index is 1.17. The minimum atomic E-state index is 0.0378. The van der Waals surface area contributed by atoms with Crippen molar-refractivity contribution in [2.24, 2.45) is 11.8 Å². The van der Waals surface area contributed by atoms with Crippen molar-refractivity contribution in [2.45, 2.75) is 44.6 Å². The van der Waals surface area contributed by atoms with Gasteiger partial charge in [-0.15, -0.1) is 0 Å². The van der Waals surface area contributed by atoms with Crippen LogP contribution in [0.25, 0.3) is 0 Å². The van der Waals surface area contributed by atoms with Crippen LogP contribution in [0.5, 0.6) is 0 Å². The van der Waals surface area contributed by atoms with Crippen LogP contribution in [0.15, 0.2) is 34.9 Å². The molecule has 0 spiro atoms. The molecule has 7 nitrogen and oxygen atoms in total. The quantitative estimate of drug-likeness (QED) is 0.524. The SMILES string of the molecule is CN(C)CC(=O)N1CCC(CNC(=O)C2CCN(C3c4ccc(Cl)cc4CCc4cc(Br)cnc43)CC2)CC1. The van der Waals surface area contributed by atoms with Crippen molar-refractivity contribution in [2.75, 3.05) is 53.4 Å². The molecule has 0 bridgehead atoms. The summed E-state index contributed by atoms with van der Waals surface area (Å²) < 4.78 is 1.00. The van der Waals surface area contributed by atoms with Crippen LogP contribution in [0.2, 0.25) is 5.02 Å². The van der Waals surface area contributed by atoms with Crippen molar-refractivity contribution in [3.05, 3.63) is 62.3 Å². The summed E-state index contributed by atoms with van der Waals surface area (Å²) in [5, 5.41) is 4.02. The predicted molar refractivity (Wildman–Crippen MR) is 158 cm³/mol. The molecule has 3 heterocycles. The standard InChI is InChI=1S/C30H39BrClN5O2/c1-35(2)19-27(38)36-11-7-20(8-12-36)17-34-30(39)21-9-13-37(14-10-21)29-26-6-5-25(32)16-22(26)3-4-23-15-24(31)18-33-28(23)29/h5-6,15-16,18,20-21,29H,3-4,7-14,17,19H2,1-2H3,(H,34,39). The van der Waals surface area contributed by atoms with E-state index in [0.29, 0.717) is 19.0 Å². The molecule has 2 aromatic rings. The van der Waals surface area contributed by atoms with Crippen LogP contribution in [0, 0.1) is 11.8 Å². The molecule has 9 heteroatoms. The number of piperidine rings is 2. The van der Waals surface area contributed by atoms with Crippen molar-refractivity contribution < 1.29 is 9.59 Å². The first-order chi connectivity index (χ1) is 18.8. The zero-order valence-corrected chi connectivity index (χ0v) is 25.3. The fraction of sp³-hybridized carbons (Fsp3) is 0.567. The average molecular weight is 617 g/mol. The molecule has 2 saturated heterocycles. The Morgan fingerprint density at radius 2 is 1.77 bits per heavy atom. The van der Waals surface area contributed by atoms with Gasteiger partial charge in [-0.1, -0.05) is 17.7 Å². The van der Waals surface area contributed by atoms with Crippen LogP contribution in [0.1, 0.15) is 54.1 Å². The van der Waals surface area contributed by atoms with Gasteiger partial charge in [-0.3, -0.25) is 19.5 Å². The first kappa shape index (κ1) is 28.5. The van der Waals surface area contributed by atoms with E-state index in [0.717, 1.165) is 79.9 Å². The smallest absolute Gasteiger partial charge is 0.236 e. The average Bonchev–Trinajstić information content (AvgIpc) is 3.08. The van der Waals surface area contributed by atoms with Crippen molar-refractivity contribution >= 4 is 39.3 Å². The van der Waals surface area contributed by atoms with E-state index in [1.165, 1.54) is 16.7 Å². The molecule has 2 aliphatic heterocycles. The molecule has 1 N–H and O–H groups in total. The highest BCUT2D eigenvalue weighted by atomic mass is 79.9. The van der Waals surface area contributed by atoms with E-state index in [4.69, 9.17) is 16.6 Å². The molecule has 0 radical (unpaired) electrons. The van der Waals surface area contributed by atoms with Crippen molar-refractivity contribution in [3.63, 3.8) is 0 Å². The van der Waals surface area contributed by atoms with Gasteiger partial charge in [-0.25, -0.2) is 0 Å². The van der Waals surface area contributed by atoms with E-state index in [-0.39, 0.29) is 23.8 Å². The number of hydrogen-bond donors (Lipinski definition) is 1. The molecular formula is C30H39BrClN5O2. The second kappa shape index (κ2) is 12.7. The predicted octanol–water partition coefficient (Wildman–Crippen LogP) is 4.31. The number of pyridine rings is 1. The van der Waals surface area contributed by atoms with E-state index in [1.807, 2.05) is 36.2 Å². The number of nitrogens with zero attached hydrogens (tertiary/aromatic N) is 4. The molecule has 3 aliphatic rings. The molecule has 1 aromatic carbocycles. The summed E-state index contributed by atoms with van der Waals surface area (Å²) in [5.74, 6) is 0.847. The van der Waals surface area contributed by atoms with Gasteiger partial charge >= 0.3 is 0 Å². The third kappa shape index (κ3) is 6.84. The maximum atomic E-state index is 13.1. The summed E-state index contributed by atoms with van der Waals surface area (Å²) in [5.41, 5.74) is 4.97. The highest BCUT2D eigenvalue weighted by molar-refractivity contribution is 9.10.